The fourth-order valence-corrected chi connectivity index (χ4v) is 5.96. The Morgan fingerprint density at radius 3 is 2.40 bits per heavy atom. The summed E-state index contributed by atoms with van der Waals surface area (Å²) in [5, 5.41) is 3.31. The number of halogens is 1. The minimum atomic E-state index is -3.96. The molecule has 186 valence electrons. The van der Waals surface area contributed by atoms with E-state index in [1.54, 1.807) is 12.1 Å². The monoisotopic (exact) mass is 530 g/mol. The van der Waals surface area contributed by atoms with Crippen LogP contribution in [0.1, 0.15) is 28.7 Å². The zero-order valence-corrected chi connectivity index (χ0v) is 22.6. The van der Waals surface area contributed by atoms with Crippen molar-refractivity contribution in [3.63, 3.8) is 0 Å². The number of nitrogens with zero attached hydrogens (tertiary/aromatic N) is 1. The number of hydrogen-bond acceptors (Lipinski definition) is 4. The Balaban J connectivity index is 1.62. The molecule has 5 nitrogen and oxygen atoms in total. The predicted molar refractivity (Wildman–Crippen MR) is 147 cm³/mol. The van der Waals surface area contributed by atoms with Gasteiger partial charge < -0.3 is 5.32 Å². The van der Waals surface area contributed by atoms with Crippen molar-refractivity contribution >= 4 is 45.0 Å². The van der Waals surface area contributed by atoms with Crippen LogP contribution in [0.5, 0.6) is 0 Å². The number of anilines is 1. The second-order valence-electron chi connectivity index (χ2n) is 8.48. The summed E-state index contributed by atoms with van der Waals surface area (Å²) < 4.78 is 28.1. The molecular weight excluding hydrogens is 500 g/mol. The molecule has 0 fully saturated rings. The van der Waals surface area contributed by atoms with Crippen LogP contribution in [-0.4, -0.2) is 33.2 Å². The number of rotatable bonds is 11. The molecule has 0 unspecified atom stereocenters. The average Bonchev–Trinajstić information content (AvgIpc) is 2.82. The van der Waals surface area contributed by atoms with Gasteiger partial charge in [0.2, 0.25) is 5.91 Å². The number of thioether (sulfide) groups is 1. The number of nitrogens with one attached hydrogen (secondary N) is 1. The summed E-state index contributed by atoms with van der Waals surface area (Å²) in [6.07, 6.45) is 0.801. The van der Waals surface area contributed by atoms with Crippen LogP contribution < -0.4 is 9.62 Å². The predicted octanol–water partition coefficient (Wildman–Crippen LogP) is 5.90. The number of benzene rings is 3. The van der Waals surface area contributed by atoms with Crippen LogP contribution in [0.2, 0.25) is 5.02 Å². The number of hydrogen-bond donors (Lipinski definition) is 1. The van der Waals surface area contributed by atoms with Gasteiger partial charge in [0, 0.05) is 17.3 Å². The molecular formula is C27H31ClN2O3S2. The standard InChI is InChI=1S/C27H31ClN2O3S2/c1-20-6-4-7-23(16-20)19-34-15-5-14-29-27(31)18-30(25-11-8-21(2)22(3)17-25)35(32,33)26-12-9-24(28)10-13-26/h4,6-13,16-17H,5,14-15,18-19H2,1-3H3,(H,29,31). The molecule has 0 aliphatic heterocycles. The topological polar surface area (TPSA) is 66.5 Å². The molecule has 0 aromatic heterocycles. The Hall–Kier alpha value is -2.48. The first-order chi connectivity index (χ1) is 16.7. The van der Waals surface area contributed by atoms with E-state index in [9.17, 15) is 13.2 Å². The van der Waals surface area contributed by atoms with Gasteiger partial charge in [0.25, 0.3) is 10.0 Å². The SMILES string of the molecule is Cc1cccc(CSCCCNC(=O)CN(c2ccc(C)c(C)c2)S(=O)(=O)c2ccc(Cl)cc2)c1. The molecule has 3 aromatic rings. The lowest BCUT2D eigenvalue weighted by Crippen LogP contribution is -2.41. The van der Waals surface area contributed by atoms with Crippen molar-refractivity contribution in [3.8, 4) is 0 Å². The third-order valence-corrected chi connectivity index (χ3v) is 8.76. The Bertz CT molecular complexity index is 1260. The number of carbonyl (C=O) groups is 1. The van der Waals surface area contributed by atoms with Crippen molar-refractivity contribution in [1.82, 2.24) is 5.32 Å². The van der Waals surface area contributed by atoms with Gasteiger partial charge in [-0.25, -0.2) is 8.42 Å². The first kappa shape index (κ1) is 27.1. The highest BCUT2D eigenvalue weighted by atomic mass is 35.5. The van der Waals surface area contributed by atoms with Gasteiger partial charge in [-0.3, -0.25) is 9.10 Å². The van der Waals surface area contributed by atoms with E-state index in [0.29, 0.717) is 17.3 Å². The molecule has 0 heterocycles. The van der Waals surface area contributed by atoms with Gasteiger partial charge in [-0.05, 0) is 86.0 Å². The van der Waals surface area contributed by atoms with E-state index in [0.717, 1.165) is 33.4 Å². The average molecular weight is 531 g/mol. The zero-order valence-electron chi connectivity index (χ0n) is 20.3. The molecule has 0 saturated heterocycles. The van der Waals surface area contributed by atoms with Crippen LogP contribution in [0.3, 0.4) is 0 Å². The molecule has 0 spiro atoms. The largest absolute Gasteiger partial charge is 0.354 e. The Morgan fingerprint density at radius 1 is 0.971 bits per heavy atom. The fourth-order valence-electron chi connectivity index (χ4n) is 3.51. The minimum absolute atomic E-state index is 0.0838. The summed E-state index contributed by atoms with van der Waals surface area (Å²) in [5.74, 6) is 1.48. The van der Waals surface area contributed by atoms with Crippen molar-refractivity contribution in [2.24, 2.45) is 0 Å². The van der Waals surface area contributed by atoms with Crippen LogP contribution in [0.15, 0.2) is 71.6 Å². The number of aryl methyl sites for hydroxylation is 3. The van der Waals surface area contributed by atoms with Gasteiger partial charge in [0.05, 0.1) is 10.6 Å². The van der Waals surface area contributed by atoms with E-state index < -0.39 is 10.0 Å². The summed E-state index contributed by atoms with van der Waals surface area (Å²) in [6.45, 7) is 6.14. The lowest BCUT2D eigenvalue weighted by molar-refractivity contribution is -0.119. The second-order valence-corrected chi connectivity index (χ2v) is 11.9. The third-order valence-electron chi connectivity index (χ3n) is 5.61. The summed E-state index contributed by atoms with van der Waals surface area (Å²) in [7, 11) is -3.96. The molecule has 35 heavy (non-hydrogen) atoms. The van der Waals surface area contributed by atoms with Crippen molar-refractivity contribution in [1.29, 1.82) is 0 Å². The minimum Gasteiger partial charge on any atom is -0.354 e. The molecule has 0 radical (unpaired) electrons. The maximum absolute atomic E-state index is 13.4. The maximum Gasteiger partial charge on any atom is 0.264 e. The molecule has 3 aromatic carbocycles. The summed E-state index contributed by atoms with van der Waals surface area (Å²) in [4.78, 5) is 12.8. The van der Waals surface area contributed by atoms with Crippen molar-refractivity contribution in [2.45, 2.75) is 37.8 Å². The van der Waals surface area contributed by atoms with Crippen LogP contribution in [0, 0.1) is 20.8 Å². The van der Waals surface area contributed by atoms with Crippen molar-refractivity contribution < 1.29 is 13.2 Å². The first-order valence-electron chi connectivity index (χ1n) is 11.4. The van der Waals surface area contributed by atoms with Crippen LogP contribution in [0.25, 0.3) is 0 Å². The van der Waals surface area contributed by atoms with E-state index in [1.165, 1.54) is 35.4 Å². The van der Waals surface area contributed by atoms with E-state index >= 15 is 0 Å². The zero-order chi connectivity index (χ0) is 25.4. The molecule has 0 bridgehead atoms. The molecule has 1 N–H and O–H groups in total. The summed E-state index contributed by atoms with van der Waals surface area (Å²) in [5.41, 5.74) is 4.98. The number of carbonyl (C=O) groups excluding carboxylic acids is 1. The lowest BCUT2D eigenvalue weighted by Gasteiger charge is -2.25. The van der Waals surface area contributed by atoms with E-state index in [4.69, 9.17) is 11.6 Å². The fraction of sp³-hybridized carbons (Fsp3) is 0.296. The van der Waals surface area contributed by atoms with Crippen LogP contribution in [0.4, 0.5) is 5.69 Å². The van der Waals surface area contributed by atoms with E-state index in [2.05, 4.69) is 36.5 Å². The van der Waals surface area contributed by atoms with E-state index in [-0.39, 0.29) is 17.3 Å². The van der Waals surface area contributed by atoms with Gasteiger partial charge in [0.15, 0.2) is 0 Å². The lowest BCUT2D eigenvalue weighted by atomic mass is 10.1. The third kappa shape index (κ3) is 7.75. The number of amides is 1. The molecule has 0 saturated carbocycles. The Labute approximate surface area is 217 Å². The molecule has 8 heteroatoms. The first-order valence-corrected chi connectivity index (χ1v) is 14.4. The summed E-state index contributed by atoms with van der Waals surface area (Å²) in [6, 6.07) is 19.8. The van der Waals surface area contributed by atoms with Gasteiger partial charge in [-0.1, -0.05) is 47.5 Å². The van der Waals surface area contributed by atoms with Crippen molar-refractivity contribution in [3.05, 3.63) is 94.0 Å². The van der Waals surface area contributed by atoms with E-state index in [1.807, 2.05) is 31.7 Å². The van der Waals surface area contributed by atoms with Crippen molar-refractivity contribution in [2.75, 3.05) is 23.1 Å². The van der Waals surface area contributed by atoms with Crippen LogP contribution in [-0.2, 0) is 20.6 Å². The Kier molecular flexibility index (Phi) is 9.66. The van der Waals surface area contributed by atoms with Gasteiger partial charge in [0.1, 0.15) is 6.54 Å². The molecule has 0 aliphatic carbocycles. The quantitative estimate of drug-likeness (QED) is 0.313. The maximum atomic E-state index is 13.4. The highest BCUT2D eigenvalue weighted by Crippen LogP contribution is 2.26. The van der Waals surface area contributed by atoms with Gasteiger partial charge in [-0.15, -0.1) is 0 Å². The van der Waals surface area contributed by atoms with Gasteiger partial charge >= 0.3 is 0 Å². The Morgan fingerprint density at radius 2 is 1.71 bits per heavy atom. The smallest absolute Gasteiger partial charge is 0.264 e. The highest BCUT2D eigenvalue weighted by molar-refractivity contribution is 7.98. The molecule has 0 aliphatic rings. The molecule has 3 rings (SSSR count). The van der Waals surface area contributed by atoms with Gasteiger partial charge in [-0.2, -0.15) is 11.8 Å². The summed E-state index contributed by atoms with van der Waals surface area (Å²) >= 11 is 7.76. The highest BCUT2D eigenvalue weighted by Gasteiger charge is 2.27. The normalized spacial score (nSPS) is 11.3. The second kappa shape index (κ2) is 12.5. The molecule has 0 atom stereocenters. The number of sulfonamides is 1. The van der Waals surface area contributed by atoms with Crippen LogP contribution >= 0.6 is 23.4 Å². The molecule has 1 amide bonds.